The van der Waals surface area contributed by atoms with Gasteiger partial charge in [-0.2, -0.15) is 0 Å². The van der Waals surface area contributed by atoms with Gasteiger partial charge in [-0.1, -0.05) is 30.3 Å². The molecule has 0 radical (unpaired) electrons. The van der Waals surface area contributed by atoms with Crippen LogP contribution >= 0.6 is 11.3 Å². The van der Waals surface area contributed by atoms with Crippen molar-refractivity contribution in [2.75, 3.05) is 4.72 Å². The van der Waals surface area contributed by atoms with E-state index in [0.717, 1.165) is 15.6 Å². The molecule has 0 spiro atoms. The third-order valence-corrected chi connectivity index (χ3v) is 7.59. The lowest BCUT2D eigenvalue weighted by Crippen LogP contribution is -2.24. The number of aromatic nitrogens is 2. The van der Waals surface area contributed by atoms with Gasteiger partial charge in [0.15, 0.2) is 0 Å². The molecular formula is C23H18N4O4S2. The number of carbonyl (C=O) groups is 1. The van der Waals surface area contributed by atoms with Crippen LogP contribution in [0.1, 0.15) is 15.9 Å². The molecular weight excluding hydrogens is 460 g/mol. The van der Waals surface area contributed by atoms with Crippen LogP contribution in [0.3, 0.4) is 0 Å². The van der Waals surface area contributed by atoms with Crippen LogP contribution in [-0.4, -0.2) is 24.3 Å². The number of fused-ring (bicyclic) bond motifs is 2. The molecule has 0 fully saturated rings. The molecule has 0 aliphatic heterocycles. The fourth-order valence-corrected chi connectivity index (χ4v) is 5.66. The number of nitrogens with one attached hydrogen (secondary N) is 4. The fraction of sp³-hybridized carbons (Fsp3) is 0.0435. The van der Waals surface area contributed by atoms with E-state index in [4.69, 9.17) is 0 Å². The topological polar surface area (TPSA) is 124 Å². The minimum Gasteiger partial charge on any atom is -0.348 e. The maximum absolute atomic E-state index is 13.0. The van der Waals surface area contributed by atoms with Crippen LogP contribution in [0.5, 0.6) is 0 Å². The van der Waals surface area contributed by atoms with Gasteiger partial charge in [0.2, 0.25) is 0 Å². The third kappa shape index (κ3) is 4.13. The zero-order chi connectivity index (χ0) is 23.0. The van der Waals surface area contributed by atoms with Gasteiger partial charge in [-0.25, -0.2) is 13.2 Å². The highest BCUT2D eigenvalue weighted by Crippen LogP contribution is 2.26. The molecule has 4 N–H and O–H groups in total. The second-order valence-corrected chi connectivity index (χ2v) is 9.97. The highest BCUT2D eigenvalue weighted by molar-refractivity contribution is 7.92. The van der Waals surface area contributed by atoms with Crippen LogP contribution in [0.25, 0.3) is 21.1 Å². The molecule has 0 bridgehead atoms. The Balaban J connectivity index is 1.38. The van der Waals surface area contributed by atoms with Crippen molar-refractivity contribution in [3.63, 3.8) is 0 Å². The van der Waals surface area contributed by atoms with Crippen molar-refractivity contribution in [2.24, 2.45) is 0 Å². The van der Waals surface area contributed by atoms with E-state index in [1.165, 1.54) is 24.3 Å². The van der Waals surface area contributed by atoms with Gasteiger partial charge in [0.05, 0.1) is 27.2 Å². The molecule has 0 aliphatic rings. The molecule has 0 unspecified atom stereocenters. The van der Waals surface area contributed by atoms with Crippen LogP contribution in [0.2, 0.25) is 0 Å². The molecule has 1 amide bonds. The van der Waals surface area contributed by atoms with Crippen molar-refractivity contribution in [3.8, 4) is 0 Å². The zero-order valence-corrected chi connectivity index (χ0v) is 18.7. The molecule has 5 rings (SSSR count). The van der Waals surface area contributed by atoms with Crippen LogP contribution in [0.15, 0.2) is 81.8 Å². The highest BCUT2D eigenvalue weighted by Gasteiger charge is 2.19. The lowest BCUT2D eigenvalue weighted by molar-refractivity contribution is 0.0952. The molecule has 2 heterocycles. The van der Waals surface area contributed by atoms with Crippen molar-refractivity contribution in [3.05, 3.63) is 93.7 Å². The maximum atomic E-state index is 13.0. The van der Waals surface area contributed by atoms with Crippen molar-refractivity contribution < 1.29 is 13.2 Å². The van der Waals surface area contributed by atoms with Gasteiger partial charge in [0.25, 0.3) is 15.9 Å². The standard InChI is InChI=1S/C23H18N4O4S2/c28-22(24-12-14-13-32-21-8-4-2-5-16(14)21)17-6-1-3-7-18(17)27-33(30,31)15-9-10-19-20(11-15)26-23(29)25-19/h1-11,13,27H,12H2,(H,24,28)(H2,25,26,29). The van der Waals surface area contributed by atoms with Crippen molar-refractivity contribution >= 4 is 54.1 Å². The Morgan fingerprint density at radius 1 is 0.939 bits per heavy atom. The van der Waals surface area contributed by atoms with E-state index in [9.17, 15) is 18.0 Å². The van der Waals surface area contributed by atoms with Gasteiger partial charge < -0.3 is 15.3 Å². The summed E-state index contributed by atoms with van der Waals surface area (Å²) in [5, 5.41) is 5.96. The van der Waals surface area contributed by atoms with Crippen LogP contribution in [0.4, 0.5) is 5.69 Å². The summed E-state index contributed by atoms with van der Waals surface area (Å²) in [7, 11) is -4.00. The van der Waals surface area contributed by atoms with E-state index in [1.807, 2.05) is 29.6 Å². The van der Waals surface area contributed by atoms with Gasteiger partial charge in [0, 0.05) is 11.2 Å². The van der Waals surface area contributed by atoms with Crippen LogP contribution in [0, 0.1) is 0 Å². The SMILES string of the molecule is O=C(NCc1csc2ccccc12)c1ccccc1NS(=O)(=O)c1ccc2[nH]c(=O)[nH]c2c1. The number of benzene rings is 3. The first-order chi connectivity index (χ1) is 15.9. The van der Waals surface area contributed by atoms with Crippen molar-refractivity contribution in [1.29, 1.82) is 0 Å². The molecule has 0 aliphatic carbocycles. The highest BCUT2D eigenvalue weighted by atomic mass is 32.2. The van der Waals surface area contributed by atoms with Gasteiger partial charge in [-0.3, -0.25) is 9.52 Å². The Morgan fingerprint density at radius 2 is 1.70 bits per heavy atom. The Labute approximate surface area is 192 Å². The predicted molar refractivity (Wildman–Crippen MR) is 129 cm³/mol. The molecule has 8 nitrogen and oxygen atoms in total. The number of rotatable bonds is 6. The number of hydrogen-bond acceptors (Lipinski definition) is 5. The zero-order valence-electron chi connectivity index (χ0n) is 17.1. The summed E-state index contributed by atoms with van der Waals surface area (Å²) in [5.41, 5.74) is 1.81. The predicted octanol–water partition coefficient (Wildman–Crippen LogP) is 3.80. The van der Waals surface area contributed by atoms with E-state index in [2.05, 4.69) is 20.0 Å². The van der Waals surface area contributed by atoms with Crippen molar-refractivity contribution in [2.45, 2.75) is 11.4 Å². The smallest absolute Gasteiger partial charge is 0.323 e. The molecule has 33 heavy (non-hydrogen) atoms. The summed E-state index contributed by atoms with van der Waals surface area (Å²) in [6, 6.07) is 18.6. The summed E-state index contributed by atoms with van der Waals surface area (Å²) in [6.45, 7) is 0.321. The van der Waals surface area contributed by atoms with E-state index < -0.39 is 21.6 Å². The molecule has 2 aromatic heterocycles. The van der Waals surface area contributed by atoms with Crippen molar-refractivity contribution in [1.82, 2.24) is 15.3 Å². The average molecular weight is 479 g/mol. The molecule has 5 aromatic rings. The van der Waals surface area contributed by atoms with E-state index >= 15 is 0 Å². The summed E-state index contributed by atoms with van der Waals surface area (Å²) in [6.07, 6.45) is 0. The first-order valence-corrected chi connectivity index (χ1v) is 12.3. The Morgan fingerprint density at radius 3 is 2.58 bits per heavy atom. The first-order valence-electron chi connectivity index (χ1n) is 9.98. The summed E-state index contributed by atoms with van der Waals surface area (Å²) >= 11 is 1.60. The molecule has 0 saturated heterocycles. The second kappa shape index (κ2) is 8.23. The molecule has 0 saturated carbocycles. The Bertz CT molecular complexity index is 1660. The number of H-pyrrole nitrogens is 2. The number of para-hydroxylation sites is 1. The van der Waals surface area contributed by atoms with Gasteiger partial charge in [0.1, 0.15) is 0 Å². The van der Waals surface area contributed by atoms with Gasteiger partial charge >= 0.3 is 5.69 Å². The number of anilines is 1. The normalized spacial score (nSPS) is 11.6. The number of amides is 1. The molecule has 10 heteroatoms. The number of sulfonamides is 1. The van der Waals surface area contributed by atoms with E-state index in [-0.39, 0.29) is 16.1 Å². The Kier molecular flexibility index (Phi) is 5.23. The summed E-state index contributed by atoms with van der Waals surface area (Å²) in [4.78, 5) is 29.4. The minimum atomic E-state index is -4.00. The lowest BCUT2D eigenvalue weighted by Gasteiger charge is -2.13. The molecule has 0 atom stereocenters. The number of imidazole rings is 1. The molecule has 3 aromatic carbocycles. The largest absolute Gasteiger partial charge is 0.348 e. The minimum absolute atomic E-state index is 0.0368. The first kappa shape index (κ1) is 21.0. The number of carbonyl (C=O) groups excluding carboxylic acids is 1. The second-order valence-electron chi connectivity index (χ2n) is 7.38. The van der Waals surface area contributed by atoms with E-state index in [0.29, 0.717) is 17.6 Å². The van der Waals surface area contributed by atoms with Gasteiger partial charge in [-0.15, -0.1) is 11.3 Å². The average Bonchev–Trinajstić information content (AvgIpc) is 3.39. The maximum Gasteiger partial charge on any atom is 0.323 e. The molecule has 166 valence electrons. The van der Waals surface area contributed by atoms with Crippen LogP contribution in [-0.2, 0) is 16.6 Å². The quantitative estimate of drug-likeness (QED) is 0.296. The number of hydrogen-bond donors (Lipinski definition) is 4. The lowest BCUT2D eigenvalue weighted by atomic mass is 10.1. The number of aromatic amines is 2. The van der Waals surface area contributed by atoms with Gasteiger partial charge in [-0.05, 0) is 52.7 Å². The monoisotopic (exact) mass is 478 g/mol. The summed E-state index contributed by atoms with van der Waals surface area (Å²) in [5.74, 6) is -0.394. The number of thiophene rings is 1. The fourth-order valence-electron chi connectivity index (χ4n) is 3.59. The summed E-state index contributed by atoms with van der Waals surface area (Å²) < 4.78 is 29.6. The Hall–Kier alpha value is -3.89. The third-order valence-electron chi connectivity index (χ3n) is 5.21. The van der Waals surface area contributed by atoms with Crippen LogP contribution < -0.4 is 15.7 Å². The van der Waals surface area contributed by atoms with E-state index in [1.54, 1.807) is 29.5 Å².